The van der Waals surface area contributed by atoms with E-state index in [1.165, 1.54) is 0 Å². The number of nitrogens with one attached hydrogen (secondary N) is 2. The first-order valence-electron chi connectivity index (χ1n) is 9.94. The number of amides is 2. The highest BCUT2D eigenvalue weighted by atomic mass is 16.2. The lowest BCUT2D eigenvalue weighted by molar-refractivity contribution is -0.133. The van der Waals surface area contributed by atoms with Gasteiger partial charge in [-0.3, -0.25) is 9.59 Å². The van der Waals surface area contributed by atoms with Gasteiger partial charge in [-0.25, -0.2) is 0 Å². The Labute approximate surface area is 167 Å². The topological polar surface area (TPSA) is 61.4 Å². The number of aryl methyl sites for hydroxylation is 2. The highest BCUT2D eigenvalue weighted by molar-refractivity contribution is 5.97. The average Bonchev–Trinajstić information content (AvgIpc) is 2.67. The maximum Gasteiger partial charge on any atom is 0.246 e. The quantitative estimate of drug-likeness (QED) is 0.788. The number of carbonyl (C=O) groups excluding carboxylic acids is 2. The third-order valence-corrected chi connectivity index (χ3v) is 5.23. The summed E-state index contributed by atoms with van der Waals surface area (Å²) < 4.78 is 0. The van der Waals surface area contributed by atoms with E-state index in [2.05, 4.69) is 10.6 Å². The van der Waals surface area contributed by atoms with Crippen LogP contribution in [0.4, 0.5) is 11.4 Å². The Morgan fingerprint density at radius 3 is 2.54 bits per heavy atom. The molecule has 5 heteroatoms. The number of carbonyl (C=O) groups is 2. The van der Waals surface area contributed by atoms with Crippen molar-refractivity contribution in [3.63, 3.8) is 0 Å². The van der Waals surface area contributed by atoms with E-state index < -0.39 is 0 Å². The van der Waals surface area contributed by atoms with Gasteiger partial charge in [0, 0.05) is 30.9 Å². The van der Waals surface area contributed by atoms with E-state index in [4.69, 9.17) is 0 Å². The van der Waals surface area contributed by atoms with Gasteiger partial charge in [0.1, 0.15) is 6.04 Å². The van der Waals surface area contributed by atoms with E-state index in [1.807, 2.05) is 68.1 Å². The Hall–Kier alpha value is -2.82. The maximum atomic E-state index is 12.6. The summed E-state index contributed by atoms with van der Waals surface area (Å²) in [5.74, 6) is 0.153. The molecule has 1 aliphatic heterocycles. The highest BCUT2D eigenvalue weighted by Gasteiger charge is 2.19. The molecule has 1 heterocycles. The molecule has 1 atom stereocenters. The third-order valence-electron chi connectivity index (χ3n) is 5.23. The molecule has 2 N–H and O–H groups in total. The lowest BCUT2D eigenvalue weighted by Crippen LogP contribution is -2.34. The van der Waals surface area contributed by atoms with Crippen molar-refractivity contribution < 1.29 is 9.59 Å². The van der Waals surface area contributed by atoms with E-state index >= 15 is 0 Å². The maximum absolute atomic E-state index is 12.6. The second-order valence-electron chi connectivity index (χ2n) is 7.59. The van der Waals surface area contributed by atoms with E-state index in [9.17, 15) is 9.59 Å². The standard InChI is InChI=1S/C23H29N3O2/c1-16-8-6-9-17(2)22(16)25-23(28)18(3)24-20-11-7-10-19(14-20)15-26-13-5-4-12-21(26)27/h6-11,14,18,24H,4-5,12-13,15H2,1-3H3,(H,25,28). The summed E-state index contributed by atoms with van der Waals surface area (Å²) in [5.41, 5.74) is 4.93. The lowest BCUT2D eigenvalue weighted by atomic mass is 10.1. The van der Waals surface area contributed by atoms with Crippen molar-refractivity contribution in [1.82, 2.24) is 4.90 Å². The lowest BCUT2D eigenvalue weighted by Gasteiger charge is -2.27. The molecule has 5 nitrogen and oxygen atoms in total. The molecule has 2 amide bonds. The summed E-state index contributed by atoms with van der Waals surface area (Å²) in [4.78, 5) is 26.6. The van der Waals surface area contributed by atoms with E-state index in [0.29, 0.717) is 13.0 Å². The van der Waals surface area contributed by atoms with E-state index in [0.717, 1.165) is 47.5 Å². The molecule has 28 heavy (non-hydrogen) atoms. The first-order valence-corrected chi connectivity index (χ1v) is 9.94. The summed E-state index contributed by atoms with van der Waals surface area (Å²) in [7, 11) is 0. The smallest absolute Gasteiger partial charge is 0.246 e. The number of anilines is 2. The Kier molecular flexibility index (Phi) is 6.34. The molecule has 1 aliphatic rings. The molecule has 0 radical (unpaired) electrons. The molecule has 0 aromatic heterocycles. The van der Waals surface area contributed by atoms with Crippen LogP contribution < -0.4 is 10.6 Å². The second kappa shape index (κ2) is 8.91. The van der Waals surface area contributed by atoms with Crippen molar-refractivity contribution in [2.75, 3.05) is 17.2 Å². The van der Waals surface area contributed by atoms with Crippen LogP contribution in [0.3, 0.4) is 0 Å². The Bertz CT molecular complexity index is 842. The first kappa shape index (κ1) is 19.9. The Morgan fingerprint density at radius 1 is 1.11 bits per heavy atom. The monoisotopic (exact) mass is 379 g/mol. The van der Waals surface area contributed by atoms with Gasteiger partial charge >= 0.3 is 0 Å². The van der Waals surface area contributed by atoms with Crippen LogP contribution in [-0.4, -0.2) is 29.3 Å². The van der Waals surface area contributed by atoms with Crippen LogP contribution in [0, 0.1) is 13.8 Å². The van der Waals surface area contributed by atoms with Gasteiger partial charge in [-0.2, -0.15) is 0 Å². The zero-order valence-corrected chi connectivity index (χ0v) is 16.9. The van der Waals surface area contributed by atoms with Crippen molar-refractivity contribution >= 4 is 23.2 Å². The average molecular weight is 380 g/mol. The van der Waals surface area contributed by atoms with Crippen LogP contribution in [0.25, 0.3) is 0 Å². The minimum atomic E-state index is -0.383. The third kappa shape index (κ3) is 4.91. The number of piperidine rings is 1. The molecule has 1 unspecified atom stereocenters. The molecule has 3 rings (SSSR count). The summed E-state index contributed by atoms with van der Waals surface area (Å²) in [6, 6.07) is 13.5. The second-order valence-corrected chi connectivity index (χ2v) is 7.59. The Morgan fingerprint density at radius 2 is 1.82 bits per heavy atom. The fourth-order valence-corrected chi connectivity index (χ4v) is 3.57. The van der Waals surface area contributed by atoms with Gasteiger partial charge in [0.15, 0.2) is 0 Å². The minimum absolute atomic E-state index is 0.0750. The predicted octanol–water partition coefficient (Wildman–Crippen LogP) is 4.26. The van der Waals surface area contributed by atoms with Crippen molar-refractivity contribution in [2.45, 2.75) is 52.6 Å². The summed E-state index contributed by atoms with van der Waals surface area (Å²) >= 11 is 0. The van der Waals surface area contributed by atoms with Crippen molar-refractivity contribution in [3.05, 3.63) is 59.2 Å². The molecule has 2 aromatic rings. The number of benzene rings is 2. The molecule has 1 saturated heterocycles. The van der Waals surface area contributed by atoms with Crippen molar-refractivity contribution in [2.24, 2.45) is 0 Å². The van der Waals surface area contributed by atoms with Crippen molar-refractivity contribution in [1.29, 1.82) is 0 Å². The van der Waals surface area contributed by atoms with Crippen LogP contribution in [0.2, 0.25) is 0 Å². The zero-order chi connectivity index (χ0) is 20.1. The normalized spacial score (nSPS) is 15.2. The minimum Gasteiger partial charge on any atom is -0.374 e. The molecule has 1 fully saturated rings. The number of para-hydroxylation sites is 1. The number of likely N-dealkylation sites (tertiary alicyclic amines) is 1. The number of hydrogen-bond donors (Lipinski definition) is 2. The fourth-order valence-electron chi connectivity index (χ4n) is 3.57. The molecule has 0 bridgehead atoms. The molecular weight excluding hydrogens is 350 g/mol. The molecule has 0 spiro atoms. The largest absolute Gasteiger partial charge is 0.374 e. The first-order chi connectivity index (χ1) is 13.4. The molecule has 2 aromatic carbocycles. The van der Waals surface area contributed by atoms with Crippen LogP contribution >= 0.6 is 0 Å². The van der Waals surface area contributed by atoms with Crippen molar-refractivity contribution in [3.8, 4) is 0 Å². The number of rotatable bonds is 6. The Balaban J connectivity index is 1.63. The van der Waals surface area contributed by atoms with Gasteiger partial charge in [-0.15, -0.1) is 0 Å². The summed E-state index contributed by atoms with van der Waals surface area (Å²) in [5, 5.41) is 6.30. The van der Waals surface area contributed by atoms with Crippen LogP contribution in [-0.2, 0) is 16.1 Å². The summed E-state index contributed by atoms with van der Waals surface area (Å²) in [6.07, 6.45) is 2.70. The van der Waals surface area contributed by atoms with Gasteiger partial charge in [-0.1, -0.05) is 30.3 Å². The number of nitrogens with zero attached hydrogens (tertiary/aromatic N) is 1. The molecule has 0 aliphatic carbocycles. The van der Waals surface area contributed by atoms with Crippen LogP contribution in [0.15, 0.2) is 42.5 Å². The van der Waals surface area contributed by atoms with Gasteiger partial charge in [0.05, 0.1) is 0 Å². The fraction of sp³-hybridized carbons (Fsp3) is 0.391. The van der Waals surface area contributed by atoms with Crippen LogP contribution in [0.5, 0.6) is 0 Å². The zero-order valence-electron chi connectivity index (χ0n) is 16.9. The van der Waals surface area contributed by atoms with Gasteiger partial charge in [-0.05, 0) is 62.4 Å². The van der Waals surface area contributed by atoms with E-state index in [1.54, 1.807) is 0 Å². The van der Waals surface area contributed by atoms with Crippen LogP contribution in [0.1, 0.15) is 42.9 Å². The molecular formula is C23H29N3O2. The van der Waals surface area contributed by atoms with E-state index in [-0.39, 0.29) is 17.9 Å². The summed E-state index contributed by atoms with van der Waals surface area (Å²) in [6.45, 7) is 7.28. The molecule has 0 saturated carbocycles. The molecule has 148 valence electrons. The SMILES string of the molecule is Cc1cccc(C)c1NC(=O)C(C)Nc1cccc(CN2CCCCC2=O)c1. The van der Waals surface area contributed by atoms with Gasteiger partial charge in [0.25, 0.3) is 0 Å². The van der Waals surface area contributed by atoms with Gasteiger partial charge < -0.3 is 15.5 Å². The highest BCUT2D eigenvalue weighted by Crippen LogP contribution is 2.21. The van der Waals surface area contributed by atoms with Gasteiger partial charge in [0.2, 0.25) is 11.8 Å². The number of hydrogen-bond acceptors (Lipinski definition) is 3. The predicted molar refractivity (Wildman–Crippen MR) is 113 cm³/mol.